The summed E-state index contributed by atoms with van der Waals surface area (Å²) in [5.41, 5.74) is 1.51. The summed E-state index contributed by atoms with van der Waals surface area (Å²) in [4.78, 5) is 14.4. The number of hydrogen-bond donors (Lipinski definition) is 1. The first kappa shape index (κ1) is 23.2. The summed E-state index contributed by atoms with van der Waals surface area (Å²) < 4.78 is 38.1. The fourth-order valence-corrected chi connectivity index (χ4v) is 4.89. The van der Waals surface area contributed by atoms with E-state index in [1.807, 2.05) is 42.2 Å². The van der Waals surface area contributed by atoms with Crippen LogP contribution in [-0.2, 0) is 19.6 Å². The van der Waals surface area contributed by atoms with E-state index in [0.29, 0.717) is 45.1 Å². The van der Waals surface area contributed by atoms with Crippen molar-refractivity contribution in [2.45, 2.75) is 11.8 Å². The van der Waals surface area contributed by atoms with E-state index in [-0.39, 0.29) is 17.3 Å². The number of aryl methyl sites for hydroxylation is 1. The molecule has 0 bridgehead atoms. The van der Waals surface area contributed by atoms with Gasteiger partial charge in [0, 0.05) is 39.0 Å². The Morgan fingerprint density at radius 1 is 1.03 bits per heavy atom. The molecule has 1 saturated heterocycles. The smallest absolute Gasteiger partial charge is 0.243 e. The third-order valence-electron chi connectivity index (χ3n) is 5.09. The zero-order valence-corrected chi connectivity index (χ0v) is 18.7. The minimum absolute atomic E-state index is 0.109. The van der Waals surface area contributed by atoms with Crippen molar-refractivity contribution < 1.29 is 22.7 Å². The van der Waals surface area contributed by atoms with Gasteiger partial charge < -0.3 is 14.8 Å². The fraction of sp³-hybridized carbons (Fsp3) is 0.409. The summed E-state index contributed by atoms with van der Waals surface area (Å²) in [6.07, 6.45) is 0. The molecule has 3 rings (SSSR count). The zero-order valence-electron chi connectivity index (χ0n) is 17.9. The van der Waals surface area contributed by atoms with Crippen LogP contribution < -0.4 is 10.1 Å². The van der Waals surface area contributed by atoms with Gasteiger partial charge in [-0.05, 0) is 42.8 Å². The standard InChI is InChI=1S/C22H29N3O5S/c1-18-16-20(8-9-21(18)30-15-14-29-2)31(27,28)25-12-10-24(11-13-25)17-22(26)23-19-6-4-3-5-7-19/h3-9,16H,10-15,17H2,1-2H3,(H,23,26). The Balaban J connectivity index is 1.54. The molecule has 0 aromatic heterocycles. The lowest BCUT2D eigenvalue weighted by Crippen LogP contribution is -2.50. The number of amides is 1. The third kappa shape index (κ3) is 6.27. The molecule has 1 aliphatic rings. The van der Waals surface area contributed by atoms with Crippen molar-refractivity contribution in [1.29, 1.82) is 0 Å². The highest BCUT2D eigenvalue weighted by Crippen LogP contribution is 2.24. The molecule has 31 heavy (non-hydrogen) atoms. The monoisotopic (exact) mass is 447 g/mol. The van der Waals surface area contributed by atoms with Crippen molar-refractivity contribution in [2.75, 3.05) is 58.4 Å². The zero-order chi connectivity index (χ0) is 22.3. The van der Waals surface area contributed by atoms with Crippen molar-refractivity contribution in [3.8, 4) is 5.75 Å². The van der Waals surface area contributed by atoms with Gasteiger partial charge in [-0.25, -0.2) is 8.42 Å². The van der Waals surface area contributed by atoms with Gasteiger partial charge in [0.25, 0.3) is 0 Å². The molecular formula is C22H29N3O5S. The molecule has 0 spiro atoms. The van der Waals surface area contributed by atoms with Gasteiger partial charge >= 0.3 is 0 Å². The van der Waals surface area contributed by atoms with Crippen LogP contribution >= 0.6 is 0 Å². The third-order valence-corrected chi connectivity index (χ3v) is 6.98. The van der Waals surface area contributed by atoms with E-state index in [9.17, 15) is 13.2 Å². The second kappa shape index (κ2) is 10.7. The maximum Gasteiger partial charge on any atom is 0.243 e. The lowest BCUT2D eigenvalue weighted by Gasteiger charge is -2.33. The van der Waals surface area contributed by atoms with Gasteiger partial charge in [0.1, 0.15) is 12.4 Å². The summed E-state index contributed by atoms with van der Waals surface area (Å²) in [5.74, 6) is 0.535. The molecule has 2 aromatic carbocycles. The van der Waals surface area contributed by atoms with E-state index in [1.165, 1.54) is 4.31 Å². The minimum Gasteiger partial charge on any atom is -0.491 e. The van der Waals surface area contributed by atoms with Crippen LogP contribution in [0.3, 0.4) is 0 Å². The maximum atomic E-state index is 13.0. The molecule has 1 aliphatic heterocycles. The Labute approximate surface area is 183 Å². The number of carbonyl (C=O) groups excluding carboxylic acids is 1. The number of nitrogens with one attached hydrogen (secondary N) is 1. The van der Waals surface area contributed by atoms with Crippen molar-refractivity contribution >= 4 is 21.6 Å². The van der Waals surface area contributed by atoms with Gasteiger partial charge in [0.15, 0.2) is 0 Å². The van der Waals surface area contributed by atoms with Gasteiger partial charge in [-0.15, -0.1) is 0 Å². The Morgan fingerprint density at radius 3 is 2.39 bits per heavy atom. The van der Waals surface area contributed by atoms with Crippen LogP contribution in [0.15, 0.2) is 53.4 Å². The number of hydrogen-bond acceptors (Lipinski definition) is 6. The molecule has 0 unspecified atom stereocenters. The average molecular weight is 448 g/mol. The number of piperazine rings is 1. The fourth-order valence-electron chi connectivity index (χ4n) is 3.38. The van der Waals surface area contributed by atoms with Crippen LogP contribution in [-0.4, -0.2) is 76.6 Å². The van der Waals surface area contributed by atoms with Gasteiger partial charge in [0.2, 0.25) is 15.9 Å². The van der Waals surface area contributed by atoms with Gasteiger partial charge in [0.05, 0.1) is 18.0 Å². The lowest BCUT2D eigenvalue weighted by molar-refractivity contribution is -0.117. The highest BCUT2D eigenvalue weighted by Gasteiger charge is 2.29. The van der Waals surface area contributed by atoms with Crippen LogP contribution in [0.2, 0.25) is 0 Å². The lowest BCUT2D eigenvalue weighted by atomic mass is 10.2. The Bertz CT molecular complexity index is 974. The minimum atomic E-state index is -3.60. The quantitative estimate of drug-likeness (QED) is 0.592. The first-order valence-electron chi connectivity index (χ1n) is 10.2. The normalized spacial score (nSPS) is 15.5. The first-order chi connectivity index (χ1) is 14.9. The number of rotatable bonds is 9. The molecule has 8 nitrogen and oxygen atoms in total. The number of anilines is 1. The number of sulfonamides is 1. The van der Waals surface area contributed by atoms with E-state index >= 15 is 0 Å². The summed E-state index contributed by atoms with van der Waals surface area (Å²) in [5, 5.41) is 2.85. The SMILES string of the molecule is COCCOc1ccc(S(=O)(=O)N2CCN(CC(=O)Nc3ccccc3)CC2)cc1C. The van der Waals surface area contributed by atoms with E-state index in [0.717, 1.165) is 11.3 Å². The number of nitrogens with zero attached hydrogens (tertiary/aromatic N) is 2. The van der Waals surface area contributed by atoms with Crippen LogP contribution in [0.4, 0.5) is 5.69 Å². The number of ether oxygens (including phenoxy) is 2. The van der Waals surface area contributed by atoms with Crippen molar-refractivity contribution in [3.05, 3.63) is 54.1 Å². The molecule has 1 N–H and O–H groups in total. The second-order valence-corrected chi connectivity index (χ2v) is 9.30. The maximum absolute atomic E-state index is 13.0. The molecular weight excluding hydrogens is 418 g/mol. The van der Waals surface area contributed by atoms with Gasteiger partial charge in [-0.1, -0.05) is 18.2 Å². The van der Waals surface area contributed by atoms with Crippen molar-refractivity contribution in [1.82, 2.24) is 9.21 Å². The summed E-state index contributed by atoms with van der Waals surface area (Å²) in [6.45, 7) is 4.60. The predicted octanol–water partition coefficient (Wildman–Crippen LogP) is 1.97. The largest absolute Gasteiger partial charge is 0.491 e. The summed E-state index contributed by atoms with van der Waals surface area (Å²) >= 11 is 0. The molecule has 1 heterocycles. The molecule has 0 aliphatic carbocycles. The van der Waals surface area contributed by atoms with E-state index in [2.05, 4.69) is 5.32 Å². The Morgan fingerprint density at radius 2 is 1.74 bits per heavy atom. The number of carbonyl (C=O) groups is 1. The number of para-hydroxylation sites is 1. The van der Waals surface area contributed by atoms with Crippen LogP contribution in [0.25, 0.3) is 0 Å². The van der Waals surface area contributed by atoms with Crippen LogP contribution in [0, 0.1) is 6.92 Å². The molecule has 0 atom stereocenters. The highest BCUT2D eigenvalue weighted by molar-refractivity contribution is 7.89. The van der Waals surface area contributed by atoms with Crippen molar-refractivity contribution in [2.24, 2.45) is 0 Å². The number of methoxy groups -OCH3 is 1. The summed E-state index contributed by atoms with van der Waals surface area (Å²) in [6, 6.07) is 14.2. The Hall–Kier alpha value is -2.46. The average Bonchev–Trinajstić information content (AvgIpc) is 2.76. The van der Waals surface area contributed by atoms with Gasteiger partial charge in [-0.3, -0.25) is 9.69 Å². The highest BCUT2D eigenvalue weighted by atomic mass is 32.2. The van der Waals surface area contributed by atoms with Crippen LogP contribution in [0.5, 0.6) is 5.75 Å². The molecule has 9 heteroatoms. The van der Waals surface area contributed by atoms with E-state index in [4.69, 9.17) is 9.47 Å². The van der Waals surface area contributed by atoms with Crippen LogP contribution in [0.1, 0.15) is 5.56 Å². The second-order valence-electron chi connectivity index (χ2n) is 7.36. The Kier molecular flexibility index (Phi) is 8.03. The topological polar surface area (TPSA) is 88.2 Å². The molecule has 168 valence electrons. The number of benzene rings is 2. The molecule has 2 aromatic rings. The summed E-state index contributed by atoms with van der Waals surface area (Å²) in [7, 11) is -2.00. The first-order valence-corrected chi connectivity index (χ1v) is 11.6. The van der Waals surface area contributed by atoms with Gasteiger partial charge in [-0.2, -0.15) is 4.31 Å². The van der Waals surface area contributed by atoms with E-state index in [1.54, 1.807) is 25.3 Å². The molecule has 1 fully saturated rings. The van der Waals surface area contributed by atoms with E-state index < -0.39 is 10.0 Å². The predicted molar refractivity (Wildman–Crippen MR) is 119 cm³/mol. The molecule has 0 saturated carbocycles. The molecule has 0 radical (unpaired) electrons. The molecule has 1 amide bonds. The van der Waals surface area contributed by atoms with Crippen molar-refractivity contribution in [3.63, 3.8) is 0 Å².